The summed E-state index contributed by atoms with van der Waals surface area (Å²) >= 11 is 0. The number of benzene rings is 2. The molecule has 3 aliphatic rings. The summed E-state index contributed by atoms with van der Waals surface area (Å²) in [5.41, 5.74) is 2.50. The SMILES string of the molecule is C1=CCN=C1.CC1CCC(=O)C2c3ccc4ccccc4c3C=CC12. The van der Waals surface area contributed by atoms with Crippen molar-refractivity contribution in [2.75, 3.05) is 6.54 Å². The largest absolute Gasteiger partial charge is 0.299 e. The van der Waals surface area contributed by atoms with Gasteiger partial charge in [0.1, 0.15) is 5.78 Å². The third-order valence-corrected chi connectivity index (χ3v) is 5.60. The predicted molar refractivity (Wildman–Crippen MR) is 105 cm³/mol. The number of Topliss-reactive ketones (excluding diaryl/α,β-unsaturated/α-hetero) is 1. The molecule has 126 valence electrons. The molecule has 0 spiro atoms. The van der Waals surface area contributed by atoms with Crippen LogP contribution in [0.25, 0.3) is 16.8 Å². The Morgan fingerprint density at radius 3 is 2.76 bits per heavy atom. The van der Waals surface area contributed by atoms with Gasteiger partial charge in [0, 0.05) is 18.6 Å². The molecule has 0 bridgehead atoms. The van der Waals surface area contributed by atoms with Gasteiger partial charge in [-0.25, -0.2) is 0 Å². The van der Waals surface area contributed by atoms with Gasteiger partial charge in [0.15, 0.2) is 0 Å². The van der Waals surface area contributed by atoms with Crippen LogP contribution in [-0.2, 0) is 4.79 Å². The first-order valence-corrected chi connectivity index (χ1v) is 9.13. The molecule has 2 aromatic rings. The van der Waals surface area contributed by atoms with Gasteiger partial charge in [-0.1, -0.05) is 61.5 Å². The van der Waals surface area contributed by atoms with Crippen molar-refractivity contribution in [2.45, 2.75) is 25.7 Å². The fourth-order valence-corrected chi connectivity index (χ4v) is 4.22. The van der Waals surface area contributed by atoms with Crippen LogP contribution < -0.4 is 0 Å². The van der Waals surface area contributed by atoms with E-state index in [2.05, 4.69) is 60.5 Å². The molecule has 1 heterocycles. The van der Waals surface area contributed by atoms with Crippen LogP contribution in [0.15, 0.2) is 59.6 Å². The van der Waals surface area contributed by atoms with Crippen LogP contribution in [0, 0.1) is 11.8 Å². The minimum absolute atomic E-state index is 0.0864. The zero-order chi connectivity index (χ0) is 17.2. The van der Waals surface area contributed by atoms with Crippen molar-refractivity contribution in [1.82, 2.24) is 0 Å². The molecule has 25 heavy (non-hydrogen) atoms. The Labute approximate surface area is 149 Å². The van der Waals surface area contributed by atoms with E-state index >= 15 is 0 Å². The molecule has 1 fully saturated rings. The standard InChI is InChI=1S/C19H18O.C4H5N/c1-12-6-11-18(20)19-14(12)9-10-16-15-5-3-2-4-13(15)7-8-17(16)19;1-2-4-5-3-1/h2-5,7-10,12,14,19H,6,11H2,1H3;1-3H,4H2. The summed E-state index contributed by atoms with van der Waals surface area (Å²) in [6.07, 6.45) is 12.1. The van der Waals surface area contributed by atoms with Crippen LogP contribution in [0.5, 0.6) is 0 Å². The molecule has 2 aliphatic carbocycles. The van der Waals surface area contributed by atoms with Gasteiger partial charge in [-0.2, -0.15) is 0 Å². The molecule has 2 nitrogen and oxygen atoms in total. The second-order valence-electron chi connectivity index (χ2n) is 7.13. The Morgan fingerprint density at radius 2 is 2.00 bits per heavy atom. The molecule has 2 aromatic carbocycles. The van der Waals surface area contributed by atoms with E-state index in [0.717, 1.165) is 19.4 Å². The normalized spacial score (nSPS) is 26.1. The topological polar surface area (TPSA) is 29.4 Å². The van der Waals surface area contributed by atoms with Crippen LogP contribution in [0.1, 0.15) is 36.8 Å². The molecule has 0 amide bonds. The molecule has 1 saturated carbocycles. The maximum Gasteiger partial charge on any atom is 0.140 e. The van der Waals surface area contributed by atoms with Crippen molar-refractivity contribution in [3.8, 4) is 0 Å². The van der Waals surface area contributed by atoms with Gasteiger partial charge in [0.05, 0.1) is 6.54 Å². The van der Waals surface area contributed by atoms with E-state index in [4.69, 9.17) is 0 Å². The quantitative estimate of drug-likeness (QED) is 0.654. The van der Waals surface area contributed by atoms with Gasteiger partial charge in [0.25, 0.3) is 0 Å². The number of carbonyl (C=O) groups is 1. The van der Waals surface area contributed by atoms with E-state index < -0.39 is 0 Å². The van der Waals surface area contributed by atoms with Gasteiger partial charge in [-0.05, 0) is 46.2 Å². The van der Waals surface area contributed by atoms with Gasteiger partial charge in [0.2, 0.25) is 0 Å². The average molecular weight is 329 g/mol. The van der Waals surface area contributed by atoms with E-state index in [1.54, 1.807) is 6.21 Å². The summed E-state index contributed by atoms with van der Waals surface area (Å²) in [5, 5.41) is 2.52. The molecular formula is C23H23NO. The second-order valence-corrected chi connectivity index (χ2v) is 7.13. The minimum Gasteiger partial charge on any atom is -0.299 e. The first-order valence-electron chi connectivity index (χ1n) is 9.13. The molecule has 0 saturated heterocycles. The number of aliphatic imine (C=N–C) groups is 1. The highest BCUT2D eigenvalue weighted by atomic mass is 16.1. The fraction of sp³-hybridized carbons (Fsp3) is 0.304. The zero-order valence-electron chi connectivity index (χ0n) is 14.6. The molecule has 1 aliphatic heterocycles. The summed E-state index contributed by atoms with van der Waals surface area (Å²) in [5.74, 6) is 1.51. The van der Waals surface area contributed by atoms with E-state index in [1.165, 1.54) is 21.9 Å². The van der Waals surface area contributed by atoms with Gasteiger partial charge in [-0.15, -0.1) is 0 Å². The third kappa shape index (κ3) is 2.97. The lowest BCUT2D eigenvalue weighted by Gasteiger charge is -2.37. The molecule has 3 atom stereocenters. The van der Waals surface area contributed by atoms with Gasteiger partial charge >= 0.3 is 0 Å². The van der Waals surface area contributed by atoms with Crippen molar-refractivity contribution in [3.63, 3.8) is 0 Å². The predicted octanol–water partition coefficient (Wildman–Crippen LogP) is 5.19. The third-order valence-electron chi connectivity index (χ3n) is 5.60. The van der Waals surface area contributed by atoms with Gasteiger partial charge in [-0.3, -0.25) is 9.79 Å². The number of hydrogen-bond acceptors (Lipinski definition) is 2. The monoisotopic (exact) mass is 329 g/mol. The summed E-state index contributed by atoms with van der Waals surface area (Å²) < 4.78 is 0. The lowest BCUT2D eigenvalue weighted by atomic mass is 9.66. The van der Waals surface area contributed by atoms with Crippen LogP contribution in [0.3, 0.4) is 0 Å². The first-order chi connectivity index (χ1) is 12.3. The molecule has 0 radical (unpaired) electrons. The highest BCUT2D eigenvalue weighted by molar-refractivity contribution is 5.97. The van der Waals surface area contributed by atoms with Crippen molar-refractivity contribution in [1.29, 1.82) is 0 Å². The number of hydrogen-bond donors (Lipinski definition) is 0. The number of carbonyl (C=O) groups excluding carboxylic acids is 1. The number of nitrogens with zero attached hydrogens (tertiary/aromatic N) is 1. The van der Waals surface area contributed by atoms with Crippen molar-refractivity contribution >= 4 is 28.8 Å². The van der Waals surface area contributed by atoms with Crippen molar-refractivity contribution < 1.29 is 4.79 Å². The van der Waals surface area contributed by atoms with Crippen molar-refractivity contribution in [3.05, 3.63) is 65.8 Å². The number of rotatable bonds is 0. The van der Waals surface area contributed by atoms with E-state index in [-0.39, 0.29) is 5.92 Å². The lowest BCUT2D eigenvalue weighted by Crippen LogP contribution is -2.32. The van der Waals surface area contributed by atoms with Crippen LogP contribution in [0.4, 0.5) is 0 Å². The zero-order valence-corrected chi connectivity index (χ0v) is 14.6. The Morgan fingerprint density at radius 1 is 1.12 bits per heavy atom. The minimum atomic E-state index is 0.0864. The van der Waals surface area contributed by atoms with E-state index in [9.17, 15) is 4.79 Å². The number of ketones is 1. The van der Waals surface area contributed by atoms with Crippen LogP contribution in [0.2, 0.25) is 0 Å². The number of fused-ring (bicyclic) bond motifs is 5. The van der Waals surface area contributed by atoms with E-state index in [0.29, 0.717) is 17.6 Å². The summed E-state index contributed by atoms with van der Waals surface area (Å²) in [6.45, 7) is 3.17. The maximum atomic E-state index is 12.4. The summed E-state index contributed by atoms with van der Waals surface area (Å²) in [7, 11) is 0. The van der Waals surface area contributed by atoms with E-state index in [1.807, 2.05) is 12.2 Å². The molecule has 3 unspecified atom stereocenters. The molecule has 0 N–H and O–H groups in total. The number of allylic oxidation sites excluding steroid dienone is 2. The van der Waals surface area contributed by atoms with Crippen LogP contribution in [-0.4, -0.2) is 18.5 Å². The van der Waals surface area contributed by atoms with Crippen molar-refractivity contribution in [2.24, 2.45) is 16.8 Å². The Hall–Kier alpha value is -2.48. The molecular weight excluding hydrogens is 306 g/mol. The highest BCUT2D eigenvalue weighted by Crippen LogP contribution is 2.45. The highest BCUT2D eigenvalue weighted by Gasteiger charge is 2.38. The first kappa shape index (κ1) is 16.0. The molecule has 0 aromatic heterocycles. The Bertz CT molecular complexity index is 880. The summed E-state index contributed by atoms with van der Waals surface area (Å²) in [6, 6.07) is 12.8. The smallest absolute Gasteiger partial charge is 0.140 e. The average Bonchev–Trinajstić information content (AvgIpc) is 3.24. The molecule has 5 rings (SSSR count). The Balaban J connectivity index is 0.000000272. The molecule has 2 heteroatoms. The summed E-state index contributed by atoms with van der Waals surface area (Å²) in [4.78, 5) is 16.3. The Kier molecular flexibility index (Phi) is 4.35. The maximum absolute atomic E-state index is 12.4. The lowest BCUT2D eigenvalue weighted by molar-refractivity contribution is -0.123. The van der Waals surface area contributed by atoms with Crippen LogP contribution >= 0.6 is 0 Å². The fourth-order valence-electron chi connectivity index (χ4n) is 4.22. The second kappa shape index (κ2) is 6.79. The van der Waals surface area contributed by atoms with Gasteiger partial charge < -0.3 is 0 Å².